The third kappa shape index (κ3) is 4.56. The molecular weight excluding hydrogens is 270 g/mol. The summed E-state index contributed by atoms with van der Waals surface area (Å²) in [4.78, 5) is 17.4. The van der Waals surface area contributed by atoms with Crippen LogP contribution in [0.5, 0.6) is 0 Å². The Morgan fingerprint density at radius 3 is 2.67 bits per heavy atom. The SMILES string of the molecule is CCNc1cc([N+](=O)[O-])cc(NC(C)CN2CCCC2)n1. The molecule has 1 unspecified atom stereocenters. The molecule has 0 bridgehead atoms. The second-order valence-electron chi connectivity index (χ2n) is 5.44. The van der Waals surface area contributed by atoms with Gasteiger partial charge in [0.1, 0.15) is 11.6 Å². The quantitative estimate of drug-likeness (QED) is 0.593. The maximum absolute atomic E-state index is 11.0. The molecule has 1 fully saturated rings. The van der Waals surface area contributed by atoms with Crippen molar-refractivity contribution in [1.82, 2.24) is 9.88 Å². The van der Waals surface area contributed by atoms with Crippen molar-refractivity contribution < 1.29 is 4.92 Å². The molecule has 2 rings (SSSR count). The lowest BCUT2D eigenvalue weighted by Crippen LogP contribution is -2.33. The highest BCUT2D eigenvalue weighted by molar-refractivity contribution is 5.54. The molecule has 0 aromatic carbocycles. The van der Waals surface area contributed by atoms with Gasteiger partial charge in [0.2, 0.25) is 0 Å². The van der Waals surface area contributed by atoms with Crippen molar-refractivity contribution in [2.24, 2.45) is 0 Å². The minimum atomic E-state index is -0.390. The van der Waals surface area contributed by atoms with E-state index < -0.39 is 4.92 Å². The molecule has 1 aromatic heterocycles. The highest BCUT2D eigenvalue weighted by Gasteiger charge is 2.16. The monoisotopic (exact) mass is 293 g/mol. The van der Waals surface area contributed by atoms with Gasteiger partial charge in [0, 0.05) is 19.1 Å². The predicted molar refractivity (Wildman–Crippen MR) is 83.8 cm³/mol. The smallest absolute Gasteiger partial charge is 0.276 e. The minimum Gasteiger partial charge on any atom is -0.370 e. The summed E-state index contributed by atoms with van der Waals surface area (Å²) < 4.78 is 0. The van der Waals surface area contributed by atoms with Gasteiger partial charge in [0.15, 0.2) is 0 Å². The van der Waals surface area contributed by atoms with Crippen LogP contribution in [0, 0.1) is 10.1 Å². The minimum absolute atomic E-state index is 0.0526. The molecule has 116 valence electrons. The van der Waals surface area contributed by atoms with E-state index in [1.807, 2.05) is 6.92 Å². The van der Waals surface area contributed by atoms with Gasteiger partial charge < -0.3 is 15.5 Å². The third-order valence-corrected chi connectivity index (χ3v) is 3.50. The lowest BCUT2D eigenvalue weighted by Gasteiger charge is -2.21. The van der Waals surface area contributed by atoms with Gasteiger partial charge in [-0.2, -0.15) is 0 Å². The van der Waals surface area contributed by atoms with Crippen LogP contribution in [0.25, 0.3) is 0 Å². The Hall–Kier alpha value is -1.89. The van der Waals surface area contributed by atoms with Crippen molar-refractivity contribution in [3.8, 4) is 0 Å². The van der Waals surface area contributed by atoms with Crippen molar-refractivity contribution >= 4 is 17.3 Å². The number of likely N-dealkylation sites (tertiary alicyclic amines) is 1. The summed E-state index contributed by atoms with van der Waals surface area (Å²) in [5.74, 6) is 1.08. The Morgan fingerprint density at radius 1 is 1.38 bits per heavy atom. The van der Waals surface area contributed by atoms with Gasteiger partial charge in [-0.1, -0.05) is 0 Å². The summed E-state index contributed by atoms with van der Waals surface area (Å²) in [7, 11) is 0. The van der Waals surface area contributed by atoms with Gasteiger partial charge in [-0.3, -0.25) is 10.1 Å². The van der Waals surface area contributed by atoms with Gasteiger partial charge in [-0.15, -0.1) is 0 Å². The Bertz CT molecular complexity index is 488. The van der Waals surface area contributed by atoms with Gasteiger partial charge >= 0.3 is 0 Å². The van der Waals surface area contributed by atoms with Crippen LogP contribution in [0.4, 0.5) is 17.3 Å². The first kappa shape index (κ1) is 15.5. The summed E-state index contributed by atoms with van der Waals surface area (Å²) in [5, 5.41) is 17.3. The van der Waals surface area contributed by atoms with Crippen molar-refractivity contribution in [2.75, 3.05) is 36.8 Å². The number of aromatic nitrogens is 1. The summed E-state index contributed by atoms with van der Waals surface area (Å²) in [5.41, 5.74) is 0.0526. The Balaban J connectivity index is 2.04. The van der Waals surface area contributed by atoms with Crippen LogP contribution in [0.2, 0.25) is 0 Å². The molecule has 0 saturated carbocycles. The first-order valence-corrected chi connectivity index (χ1v) is 7.47. The highest BCUT2D eigenvalue weighted by Crippen LogP contribution is 2.21. The van der Waals surface area contributed by atoms with E-state index in [0.717, 1.165) is 19.6 Å². The number of pyridine rings is 1. The molecule has 1 aromatic rings. The number of anilines is 2. The van der Waals surface area contributed by atoms with Crippen molar-refractivity contribution in [1.29, 1.82) is 0 Å². The maximum atomic E-state index is 11.0. The molecule has 2 N–H and O–H groups in total. The van der Waals surface area contributed by atoms with Crippen LogP contribution >= 0.6 is 0 Å². The largest absolute Gasteiger partial charge is 0.370 e. The number of nitro groups is 1. The number of nitrogens with one attached hydrogen (secondary N) is 2. The molecule has 7 heteroatoms. The summed E-state index contributed by atoms with van der Waals surface area (Å²) in [6.45, 7) is 7.89. The van der Waals surface area contributed by atoms with Gasteiger partial charge in [-0.25, -0.2) is 4.98 Å². The fourth-order valence-corrected chi connectivity index (χ4v) is 2.62. The second kappa shape index (κ2) is 7.21. The number of hydrogen-bond donors (Lipinski definition) is 2. The Kier molecular flexibility index (Phi) is 5.32. The number of rotatable bonds is 7. The molecule has 1 atom stereocenters. The molecule has 0 radical (unpaired) electrons. The van der Waals surface area contributed by atoms with Crippen molar-refractivity contribution in [3.05, 3.63) is 22.2 Å². The zero-order chi connectivity index (χ0) is 15.2. The van der Waals surface area contributed by atoms with Gasteiger partial charge in [0.25, 0.3) is 5.69 Å². The van der Waals surface area contributed by atoms with Crippen LogP contribution in [-0.4, -0.2) is 47.0 Å². The lowest BCUT2D eigenvalue weighted by atomic mass is 10.3. The standard InChI is InChI=1S/C14H23N5O2/c1-3-15-13-8-12(19(20)21)9-14(17-13)16-11(2)10-18-6-4-5-7-18/h8-9,11H,3-7,10H2,1-2H3,(H2,15,16,17). The molecule has 1 saturated heterocycles. The summed E-state index contributed by atoms with van der Waals surface area (Å²) in [6.07, 6.45) is 2.51. The maximum Gasteiger partial charge on any atom is 0.276 e. The van der Waals surface area contributed by atoms with E-state index in [0.29, 0.717) is 18.2 Å². The van der Waals surface area contributed by atoms with E-state index in [9.17, 15) is 10.1 Å². The lowest BCUT2D eigenvalue weighted by molar-refractivity contribution is -0.384. The third-order valence-electron chi connectivity index (χ3n) is 3.50. The van der Waals surface area contributed by atoms with E-state index in [1.165, 1.54) is 25.0 Å². The van der Waals surface area contributed by atoms with Crippen molar-refractivity contribution in [3.63, 3.8) is 0 Å². The van der Waals surface area contributed by atoms with Crippen LogP contribution < -0.4 is 10.6 Å². The van der Waals surface area contributed by atoms with Gasteiger partial charge in [0.05, 0.1) is 17.1 Å². The fraction of sp³-hybridized carbons (Fsp3) is 0.643. The van der Waals surface area contributed by atoms with Gasteiger partial charge in [-0.05, 0) is 39.8 Å². The van der Waals surface area contributed by atoms with E-state index >= 15 is 0 Å². The first-order chi connectivity index (χ1) is 10.1. The van der Waals surface area contributed by atoms with E-state index in [2.05, 4.69) is 27.4 Å². The van der Waals surface area contributed by atoms with Crippen molar-refractivity contribution in [2.45, 2.75) is 32.7 Å². The Labute approximate surface area is 124 Å². The zero-order valence-electron chi connectivity index (χ0n) is 12.6. The number of nitrogens with zero attached hydrogens (tertiary/aromatic N) is 3. The predicted octanol–water partition coefficient (Wildman–Crippen LogP) is 2.32. The molecule has 7 nitrogen and oxygen atoms in total. The van der Waals surface area contributed by atoms with E-state index in [4.69, 9.17) is 0 Å². The van der Waals surface area contributed by atoms with E-state index in [-0.39, 0.29) is 11.7 Å². The summed E-state index contributed by atoms with van der Waals surface area (Å²) >= 11 is 0. The first-order valence-electron chi connectivity index (χ1n) is 7.47. The molecule has 2 heterocycles. The molecule has 0 amide bonds. The topological polar surface area (TPSA) is 83.3 Å². The second-order valence-corrected chi connectivity index (χ2v) is 5.44. The molecular formula is C14H23N5O2. The molecule has 21 heavy (non-hydrogen) atoms. The number of hydrogen-bond acceptors (Lipinski definition) is 6. The van der Waals surface area contributed by atoms with Crippen LogP contribution in [0.3, 0.4) is 0 Å². The summed E-state index contributed by atoms with van der Waals surface area (Å²) in [6, 6.07) is 3.15. The van der Waals surface area contributed by atoms with E-state index in [1.54, 1.807) is 0 Å². The molecule has 0 spiro atoms. The average molecular weight is 293 g/mol. The van der Waals surface area contributed by atoms with Crippen LogP contribution in [0.15, 0.2) is 12.1 Å². The van der Waals surface area contributed by atoms with Crippen LogP contribution in [0.1, 0.15) is 26.7 Å². The average Bonchev–Trinajstić information content (AvgIpc) is 2.91. The molecule has 1 aliphatic rings. The molecule has 0 aliphatic carbocycles. The normalized spacial score (nSPS) is 16.7. The Morgan fingerprint density at radius 2 is 2.05 bits per heavy atom. The zero-order valence-corrected chi connectivity index (χ0v) is 12.6. The van der Waals surface area contributed by atoms with Crippen LogP contribution in [-0.2, 0) is 0 Å². The fourth-order valence-electron chi connectivity index (χ4n) is 2.62. The molecule has 1 aliphatic heterocycles. The highest BCUT2D eigenvalue weighted by atomic mass is 16.6.